The van der Waals surface area contributed by atoms with E-state index in [2.05, 4.69) is 0 Å². The summed E-state index contributed by atoms with van der Waals surface area (Å²) in [7, 11) is 0. The molecule has 0 amide bonds. The number of benzene rings is 1. The van der Waals surface area contributed by atoms with Gasteiger partial charge in [0.15, 0.2) is 0 Å². The Morgan fingerprint density at radius 3 is 2.00 bits per heavy atom. The standard InChI is InChI=1S/C7H6O3.Cu/c8-6-3-1-5(2-4-6)7(9)10;/h1-4,8H,(H,9,10);. The van der Waals surface area contributed by atoms with Crippen LogP contribution in [0.1, 0.15) is 10.4 Å². The monoisotopic (exact) mass is 201 g/mol. The minimum atomic E-state index is -0.986. The third kappa shape index (κ3) is 2.62. The van der Waals surface area contributed by atoms with Crippen LogP contribution in [0.25, 0.3) is 0 Å². The van der Waals surface area contributed by atoms with E-state index in [0.29, 0.717) is 0 Å². The number of phenolic OH excluding ortho intramolecular Hbond substituents is 1. The topological polar surface area (TPSA) is 57.5 Å². The average Bonchev–Trinajstić information content (AvgIpc) is 1.88. The quantitative estimate of drug-likeness (QED) is 0.669. The molecule has 2 N–H and O–H groups in total. The second-order valence-corrected chi connectivity index (χ2v) is 1.85. The largest absolute Gasteiger partial charge is 0.508 e. The predicted molar refractivity (Wildman–Crippen MR) is 35.1 cm³/mol. The van der Waals surface area contributed by atoms with E-state index in [4.69, 9.17) is 10.2 Å². The van der Waals surface area contributed by atoms with Crippen molar-refractivity contribution >= 4 is 5.97 Å². The molecule has 1 aromatic carbocycles. The molecule has 0 saturated heterocycles. The molecule has 0 aliphatic carbocycles. The minimum Gasteiger partial charge on any atom is -0.508 e. The van der Waals surface area contributed by atoms with Crippen LogP contribution in [0.3, 0.4) is 0 Å². The molecular formula is C7H6CuO3. The Kier molecular flexibility index (Phi) is 3.65. The van der Waals surface area contributed by atoms with E-state index in [0.717, 1.165) is 0 Å². The molecule has 11 heavy (non-hydrogen) atoms. The molecule has 1 aromatic rings. The Bertz CT molecular complexity index is 242. The van der Waals surface area contributed by atoms with E-state index in [-0.39, 0.29) is 28.4 Å². The molecule has 0 unspecified atom stereocenters. The van der Waals surface area contributed by atoms with Crippen LogP contribution in [0.4, 0.5) is 0 Å². The smallest absolute Gasteiger partial charge is 0.335 e. The number of hydrogen-bond donors (Lipinski definition) is 2. The number of carboxylic acid groups (broad SMARTS) is 1. The molecule has 0 spiro atoms. The number of phenols is 1. The van der Waals surface area contributed by atoms with Gasteiger partial charge < -0.3 is 10.2 Å². The maximum absolute atomic E-state index is 10.2. The Hall–Kier alpha value is -0.991. The maximum atomic E-state index is 10.2. The molecule has 63 valence electrons. The van der Waals surface area contributed by atoms with E-state index in [1.54, 1.807) is 0 Å². The van der Waals surface area contributed by atoms with Crippen LogP contribution < -0.4 is 0 Å². The summed E-state index contributed by atoms with van der Waals surface area (Å²) >= 11 is 0. The van der Waals surface area contributed by atoms with Crippen LogP contribution in [0.15, 0.2) is 24.3 Å². The average molecular weight is 202 g/mol. The maximum Gasteiger partial charge on any atom is 0.335 e. The van der Waals surface area contributed by atoms with Gasteiger partial charge in [-0.3, -0.25) is 0 Å². The SMILES string of the molecule is O=C(O)c1ccc(O)cc1.[Cu]. The number of hydrogen-bond acceptors (Lipinski definition) is 2. The van der Waals surface area contributed by atoms with Crippen LogP contribution in [-0.4, -0.2) is 16.2 Å². The van der Waals surface area contributed by atoms with E-state index < -0.39 is 5.97 Å². The summed E-state index contributed by atoms with van der Waals surface area (Å²) in [6.45, 7) is 0. The van der Waals surface area contributed by atoms with Gasteiger partial charge in [0.1, 0.15) is 5.75 Å². The zero-order valence-electron chi connectivity index (χ0n) is 5.41. The molecule has 0 aliphatic heterocycles. The first-order valence-electron chi connectivity index (χ1n) is 2.72. The van der Waals surface area contributed by atoms with E-state index in [1.165, 1.54) is 24.3 Å². The summed E-state index contributed by atoms with van der Waals surface area (Å²) in [6.07, 6.45) is 0. The molecule has 0 heterocycles. The van der Waals surface area contributed by atoms with Gasteiger partial charge in [0.25, 0.3) is 0 Å². The van der Waals surface area contributed by atoms with Gasteiger partial charge >= 0.3 is 5.97 Å². The molecule has 0 fully saturated rings. The summed E-state index contributed by atoms with van der Waals surface area (Å²) in [5.74, 6) is -0.912. The summed E-state index contributed by atoms with van der Waals surface area (Å²) in [6, 6.07) is 5.36. The number of rotatable bonds is 1. The fourth-order valence-electron chi connectivity index (χ4n) is 0.604. The van der Waals surface area contributed by atoms with Gasteiger partial charge in [-0.2, -0.15) is 0 Å². The molecule has 4 heteroatoms. The van der Waals surface area contributed by atoms with Crippen molar-refractivity contribution < 1.29 is 32.1 Å². The number of aromatic carboxylic acids is 1. The predicted octanol–water partition coefficient (Wildman–Crippen LogP) is 1.09. The zero-order chi connectivity index (χ0) is 7.56. The Labute approximate surface area is 74.1 Å². The Balaban J connectivity index is 0.000001000. The molecule has 1 rings (SSSR count). The first-order valence-corrected chi connectivity index (χ1v) is 2.72. The van der Waals surface area contributed by atoms with Gasteiger partial charge in [0.2, 0.25) is 0 Å². The third-order valence-corrected chi connectivity index (χ3v) is 1.11. The summed E-state index contributed by atoms with van der Waals surface area (Å²) < 4.78 is 0. The van der Waals surface area contributed by atoms with Gasteiger partial charge in [-0.15, -0.1) is 0 Å². The summed E-state index contributed by atoms with van der Waals surface area (Å²) in [4.78, 5) is 10.2. The van der Waals surface area contributed by atoms with Crippen molar-refractivity contribution in [2.75, 3.05) is 0 Å². The van der Waals surface area contributed by atoms with Crippen LogP contribution in [0.2, 0.25) is 0 Å². The molecule has 3 nitrogen and oxygen atoms in total. The van der Waals surface area contributed by atoms with Gasteiger partial charge in [-0.05, 0) is 24.3 Å². The van der Waals surface area contributed by atoms with Crippen molar-refractivity contribution in [2.45, 2.75) is 0 Å². The normalized spacial score (nSPS) is 8.36. The van der Waals surface area contributed by atoms with E-state index in [9.17, 15) is 4.79 Å². The Morgan fingerprint density at radius 2 is 1.64 bits per heavy atom. The number of aromatic hydroxyl groups is 1. The van der Waals surface area contributed by atoms with Crippen molar-refractivity contribution in [1.29, 1.82) is 0 Å². The first kappa shape index (κ1) is 10.0. The van der Waals surface area contributed by atoms with Gasteiger partial charge in [-0.1, -0.05) is 0 Å². The first-order chi connectivity index (χ1) is 4.70. The number of carboxylic acids is 1. The fourth-order valence-corrected chi connectivity index (χ4v) is 0.604. The van der Waals surface area contributed by atoms with Crippen molar-refractivity contribution in [1.82, 2.24) is 0 Å². The van der Waals surface area contributed by atoms with Crippen LogP contribution in [0, 0.1) is 0 Å². The molecule has 0 aliphatic rings. The molecular weight excluding hydrogens is 196 g/mol. The van der Waals surface area contributed by atoms with Gasteiger partial charge in [0.05, 0.1) is 5.56 Å². The molecule has 0 aromatic heterocycles. The summed E-state index contributed by atoms with van der Waals surface area (Å²) in [5, 5.41) is 17.1. The van der Waals surface area contributed by atoms with Crippen molar-refractivity contribution in [2.24, 2.45) is 0 Å². The van der Waals surface area contributed by atoms with Crippen LogP contribution >= 0.6 is 0 Å². The molecule has 0 bridgehead atoms. The van der Waals surface area contributed by atoms with Gasteiger partial charge in [-0.25, -0.2) is 4.79 Å². The van der Waals surface area contributed by atoms with Crippen molar-refractivity contribution in [3.63, 3.8) is 0 Å². The van der Waals surface area contributed by atoms with Crippen molar-refractivity contribution in [3.8, 4) is 5.75 Å². The van der Waals surface area contributed by atoms with Crippen LogP contribution in [0.5, 0.6) is 5.75 Å². The van der Waals surface area contributed by atoms with E-state index >= 15 is 0 Å². The van der Waals surface area contributed by atoms with Gasteiger partial charge in [0, 0.05) is 17.1 Å². The molecule has 1 radical (unpaired) electrons. The molecule has 0 saturated carbocycles. The van der Waals surface area contributed by atoms with Crippen LogP contribution in [-0.2, 0) is 17.1 Å². The Morgan fingerprint density at radius 1 is 1.18 bits per heavy atom. The number of carbonyl (C=O) groups is 1. The zero-order valence-corrected chi connectivity index (χ0v) is 6.36. The molecule has 0 atom stereocenters. The fraction of sp³-hybridized carbons (Fsp3) is 0. The minimum absolute atomic E-state index is 0. The second kappa shape index (κ2) is 4.01. The van der Waals surface area contributed by atoms with E-state index in [1.807, 2.05) is 0 Å². The van der Waals surface area contributed by atoms with Crippen molar-refractivity contribution in [3.05, 3.63) is 29.8 Å². The summed E-state index contributed by atoms with van der Waals surface area (Å²) in [5.41, 5.74) is 0.179. The second-order valence-electron chi connectivity index (χ2n) is 1.85. The third-order valence-electron chi connectivity index (χ3n) is 1.11.